The van der Waals surface area contributed by atoms with E-state index in [9.17, 15) is 52.7 Å². The Morgan fingerprint density at radius 3 is 2.57 bits per heavy atom. The molecule has 0 saturated carbocycles. The first kappa shape index (κ1) is 44.3. The number of oxime groups is 1. The number of benzene rings is 2. The summed E-state index contributed by atoms with van der Waals surface area (Å²) in [5.41, 5.74) is 5.52. The number of carboxylic acids is 1. The topological polar surface area (TPSA) is 320 Å². The Hall–Kier alpha value is -5.22. The van der Waals surface area contributed by atoms with Crippen molar-refractivity contribution in [3.8, 4) is 23.0 Å². The number of nitrogens with one attached hydrogen (secondary N) is 2. The number of aryl methyl sites for hydroxylation is 1. The predicted octanol–water partition coefficient (Wildman–Crippen LogP) is -2.97. The summed E-state index contributed by atoms with van der Waals surface area (Å²) in [5, 5.41) is 62.6. The largest absolute Gasteiger partial charge is 1.00 e. The van der Waals surface area contributed by atoms with Crippen LogP contribution in [0.2, 0.25) is 0 Å². The van der Waals surface area contributed by atoms with Crippen LogP contribution in [0.15, 0.2) is 68.1 Å². The fourth-order valence-electron chi connectivity index (χ4n) is 5.71. The van der Waals surface area contributed by atoms with Crippen molar-refractivity contribution in [3.05, 3.63) is 81.6 Å². The van der Waals surface area contributed by atoms with Crippen molar-refractivity contribution in [1.82, 2.24) is 39.5 Å². The van der Waals surface area contributed by atoms with Crippen molar-refractivity contribution >= 4 is 79.3 Å². The van der Waals surface area contributed by atoms with Crippen LogP contribution in [0.4, 0.5) is 9.52 Å². The van der Waals surface area contributed by atoms with Crippen LogP contribution in [0.1, 0.15) is 22.8 Å². The van der Waals surface area contributed by atoms with Crippen molar-refractivity contribution in [3.63, 3.8) is 0 Å². The van der Waals surface area contributed by atoms with Crippen molar-refractivity contribution in [2.75, 3.05) is 17.2 Å². The number of amides is 2. The van der Waals surface area contributed by atoms with Gasteiger partial charge in [-0.25, -0.2) is 27.5 Å². The summed E-state index contributed by atoms with van der Waals surface area (Å²) in [7, 11) is -4.15. The summed E-state index contributed by atoms with van der Waals surface area (Å²) in [6.45, 7) is 0.738. The molecule has 0 bridgehead atoms. The van der Waals surface area contributed by atoms with Gasteiger partial charge in [0.05, 0.1) is 23.1 Å². The Kier molecular flexibility index (Phi) is 13.1. The van der Waals surface area contributed by atoms with Gasteiger partial charge in [0.1, 0.15) is 28.7 Å². The third-order valence-corrected chi connectivity index (χ3v) is 13.1. The van der Waals surface area contributed by atoms with Gasteiger partial charge in [0.2, 0.25) is 10.0 Å². The number of β-lactam (4-membered cyclic amide) rings is 1. The number of halogens is 1. The van der Waals surface area contributed by atoms with Gasteiger partial charge in [-0.05, 0) is 42.8 Å². The molecule has 2 amide bonds. The van der Waals surface area contributed by atoms with Gasteiger partial charge in [0, 0.05) is 34.2 Å². The number of sulfonamides is 1. The average molecular weight is 911 g/mol. The number of phenolic OH excluding ortho intramolecular Hbond substituents is 4. The van der Waals surface area contributed by atoms with E-state index in [1.165, 1.54) is 21.7 Å². The van der Waals surface area contributed by atoms with Gasteiger partial charge in [0.25, 0.3) is 17.6 Å². The number of aromatic nitrogens is 5. The first-order chi connectivity index (χ1) is 28.0. The number of anilines is 1. The number of aliphatic carboxylic acids is 1. The molecule has 2 atom stereocenters. The van der Waals surface area contributed by atoms with E-state index >= 15 is 0 Å². The average Bonchev–Trinajstić information content (AvgIpc) is 3.82. The number of nitrogens with two attached hydrogens (primary N) is 1. The molecule has 2 aliphatic rings. The number of carbonyl (C=O) groups excluding carboxylic acids is 3. The minimum Gasteiger partial charge on any atom is -0.543 e. The molecule has 5 heterocycles. The molecule has 27 heteroatoms. The monoisotopic (exact) mass is 910 g/mol. The molecule has 2 aromatic carbocycles. The number of thiazole rings is 1. The smallest absolute Gasteiger partial charge is 0.543 e. The van der Waals surface area contributed by atoms with Crippen LogP contribution < -0.4 is 50.4 Å². The Morgan fingerprint density at radius 1 is 1.12 bits per heavy atom. The number of phenols is 4. The Labute approximate surface area is 371 Å². The van der Waals surface area contributed by atoms with E-state index in [4.69, 9.17) is 10.6 Å². The summed E-state index contributed by atoms with van der Waals surface area (Å²) < 4.78 is 43.6. The van der Waals surface area contributed by atoms with E-state index in [2.05, 4.69) is 35.2 Å². The maximum atomic E-state index is 14.4. The van der Waals surface area contributed by atoms with Gasteiger partial charge < -0.3 is 46.2 Å². The summed E-state index contributed by atoms with van der Waals surface area (Å²) in [6, 6.07) is 5.61. The predicted molar refractivity (Wildman–Crippen MR) is 205 cm³/mol. The number of carboxylic acid groups (broad SMARTS) is 1. The van der Waals surface area contributed by atoms with Crippen LogP contribution in [0.3, 0.4) is 0 Å². The van der Waals surface area contributed by atoms with Gasteiger partial charge in [0.15, 0.2) is 45.5 Å². The van der Waals surface area contributed by atoms with E-state index in [1.54, 1.807) is 13.0 Å². The number of hydrogen-bond acceptors (Lipinski definition) is 20. The molecular formula is C33H28FN10NaO11S4. The molecule has 3 aromatic heterocycles. The summed E-state index contributed by atoms with van der Waals surface area (Å²) >= 11 is 3.30. The zero-order valence-corrected chi connectivity index (χ0v) is 36.2. The standard InChI is InChI=1S/C33H29FN10O11S4.Na/c1-13-6-22(44-33(37-13)39-21(41-44)8-36-59(53,54)16-3-5-18(45)20(47)7-16)56-10-15-11-57-30-25(29(50)43(30)26(15)31(51)52)40-28(49)24(17-12-58-32(35)38-17)42-55-9-14-2-4-19(46)27(48)23(14)34;/h2-7,12,25,30,36,45-48H,8-11H2,1H3,(H2,35,38)(H,40,49)(H,51,52);/q;+1/p-1/b42-24-;. The Morgan fingerprint density at radius 2 is 1.87 bits per heavy atom. The summed E-state index contributed by atoms with van der Waals surface area (Å²) in [6.07, 6.45) is 0. The molecule has 60 heavy (non-hydrogen) atoms. The molecular weight excluding hydrogens is 883 g/mol. The molecule has 7 rings (SSSR count). The molecule has 0 aliphatic carbocycles. The van der Waals surface area contributed by atoms with E-state index in [0.717, 1.165) is 58.3 Å². The maximum Gasteiger partial charge on any atom is 1.00 e. The molecule has 2 aliphatic heterocycles. The molecule has 1 saturated heterocycles. The second-order valence-electron chi connectivity index (χ2n) is 12.5. The summed E-state index contributed by atoms with van der Waals surface area (Å²) in [5.74, 6) is -7.01. The second kappa shape index (κ2) is 17.8. The molecule has 308 valence electrons. The first-order valence-electron chi connectivity index (χ1n) is 16.7. The number of nitrogen functional groups attached to an aromatic ring is 1. The Bertz CT molecular complexity index is 2730. The molecule has 8 N–H and O–H groups in total. The van der Waals surface area contributed by atoms with Crippen molar-refractivity contribution in [1.29, 1.82) is 0 Å². The van der Waals surface area contributed by atoms with Gasteiger partial charge in [-0.3, -0.25) is 14.5 Å². The normalized spacial score (nSPS) is 16.6. The van der Waals surface area contributed by atoms with Crippen molar-refractivity contribution < 1.29 is 87.1 Å². The van der Waals surface area contributed by atoms with Crippen molar-refractivity contribution in [2.45, 2.75) is 41.4 Å². The summed E-state index contributed by atoms with van der Waals surface area (Å²) in [4.78, 5) is 58.0. The Balaban J connectivity index is 0.00000604. The van der Waals surface area contributed by atoms with Crippen LogP contribution in [-0.4, -0.2) is 105 Å². The minimum absolute atomic E-state index is 0. The number of carbonyl (C=O) groups is 3. The van der Waals surface area contributed by atoms with E-state index in [1.807, 2.05) is 0 Å². The fraction of sp³-hybridized carbons (Fsp3) is 0.212. The molecule has 2 unspecified atom stereocenters. The van der Waals surface area contributed by atoms with Crippen LogP contribution in [0, 0.1) is 12.7 Å². The molecule has 0 spiro atoms. The fourth-order valence-corrected chi connectivity index (χ4v) is 9.80. The number of aromatic hydroxyl groups is 4. The number of hydrogen-bond donors (Lipinski definition) is 7. The number of nitrogens with zero attached hydrogens (tertiary/aromatic N) is 7. The third kappa shape index (κ3) is 8.94. The zero-order chi connectivity index (χ0) is 42.3. The third-order valence-electron chi connectivity index (χ3n) is 8.58. The molecule has 5 aromatic rings. The minimum atomic E-state index is -4.15. The van der Waals surface area contributed by atoms with Crippen LogP contribution >= 0.6 is 34.9 Å². The molecule has 0 radical (unpaired) electrons. The van der Waals surface area contributed by atoms with Gasteiger partial charge in [-0.15, -0.1) is 40.0 Å². The SMILES string of the molecule is Cc1cc(SCC2=C(C(=O)[O-])N3C(=O)C(NC(=O)/C(=N\OCc4ccc(O)c(O)c4F)c4csc(N)n4)C3SC2)n2nc(CNS(=O)(=O)c3ccc(O)c(O)c3)nc2n1.[Na+]. The first-order valence-corrected chi connectivity index (χ1v) is 21.1. The number of rotatable bonds is 14. The quantitative estimate of drug-likeness (QED) is 0.0111. The number of fused-ring (bicyclic) bond motifs is 2. The van der Waals surface area contributed by atoms with E-state index < -0.39 is 80.4 Å². The molecule has 1 fully saturated rings. The molecule has 21 nitrogen and oxygen atoms in total. The maximum absolute atomic E-state index is 14.4. The zero-order valence-electron chi connectivity index (χ0n) is 30.9. The van der Waals surface area contributed by atoms with Gasteiger partial charge in [-0.1, -0.05) is 5.16 Å². The second-order valence-corrected chi connectivity index (χ2v) is 17.3. The van der Waals surface area contributed by atoms with E-state index in [-0.39, 0.29) is 86.2 Å². The van der Waals surface area contributed by atoms with Gasteiger partial charge in [-0.2, -0.15) is 9.50 Å². The van der Waals surface area contributed by atoms with Crippen molar-refractivity contribution in [2.24, 2.45) is 5.16 Å². The number of thioether (sulfide) groups is 2. The van der Waals surface area contributed by atoms with Crippen LogP contribution in [-0.2, 0) is 42.4 Å². The van der Waals surface area contributed by atoms with Crippen LogP contribution in [0.5, 0.6) is 23.0 Å². The van der Waals surface area contributed by atoms with Crippen LogP contribution in [0.25, 0.3) is 5.78 Å². The van der Waals surface area contributed by atoms with Gasteiger partial charge >= 0.3 is 29.6 Å². The van der Waals surface area contributed by atoms with E-state index in [0.29, 0.717) is 16.3 Å².